The maximum Gasteiger partial charge on any atom is 0.410 e. The van der Waals surface area contributed by atoms with Crippen LogP contribution in [0.4, 0.5) is 10.6 Å². The smallest absolute Gasteiger partial charge is 0.410 e. The fourth-order valence-corrected chi connectivity index (χ4v) is 2.53. The molecule has 9 heteroatoms. The van der Waals surface area contributed by atoms with Crippen molar-refractivity contribution in [1.82, 2.24) is 24.9 Å². The lowest BCUT2D eigenvalue weighted by molar-refractivity contribution is -0.000380. The van der Waals surface area contributed by atoms with E-state index >= 15 is 0 Å². The second kappa shape index (κ2) is 5.94. The van der Waals surface area contributed by atoms with Crippen LogP contribution in [-0.2, 0) is 4.74 Å². The van der Waals surface area contributed by atoms with E-state index in [1.54, 1.807) is 17.2 Å². The van der Waals surface area contributed by atoms with Gasteiger partial charge in [-0.2, -0.15) is 5.10 Å². The Bertz CT molecular complexity index is 764. The van der Waals surface area contributed by atoms with Gasteiger partial charge >= 0.3 is 6.09 Å². The van der Waals surface area contributed by atoms with Crippen molar-refractivity contribution in [3.63, 3.8) is 0 Å². The molecule has 0 aromatic carbocycles. The van der Waals surface area contributed by atoms with Gasteiger partial charge in [0.1, 0.15) is 5.60 Å². The normalized spacial score (nSPS) is 15.2. The summed E-state index contributed by atoms with van der Waals surface area (Å²) >= 11 is 5.87. The maximum atomic E-state index is 12.0. The van der Waals surface area contributed by atoms with Crippen molar-refractivity contribution >= 4 is 23.5 Å². The quantitative estimate of drug-likeness (QED) is 0.892. The summed E-state index contributed by atoms with van der Waals surface area (Å²) in [5, 5.41) is 12.1. The SMILES string of the molecule is CC(C)(C)OC(=O)N1CC(n2cc(-c3cc(Cl)nnc3N)cn2)C1. The van der Waals surface area contributed by atoms with Crippen molar-refractivity contribution in [1.29, 1.82) is 0 Å². The number of halogens is 1. The van der Waals surface area contributed by atoms with Crippen LogP contribution in [0, 0.1) is 0 Å². The summed E-state index contributed by atoms with van der Waals surface area (Å²) in [6, 6.07) is 1.76. The first kappa shape index (κ1) is 16.5. The summed E-state index contributed by atoms with van der Waals surface area (Å²) in [5.74, 6) is 0.294. The van der Waals surface area contributed by atoms with Crippen LogP contribution in [0.1, 0.15) is 26.8 Å². The molecule has 0 atom stereocenters. The van der Waals surface area contributed by atoms with Gasteiger partial charge in [0.2, 0.25) is 0 Å². The molecule has 3 rings (SSSR count). The number of carbonyl (C=O) groups excluding carboxylic acids is 1. The molecule has 0 unspecified atom stereocenters. The third-order valence-corrected chi connectivity index (χ3v) is 3.78. The maximum absolute atomic E-state index is 12.0. The third kappa shape index (κ3) is 3.43. The molecule has 0 saturated carbocycles. The Morgan fingerprint density at radius 2 is 2.08 bits per heavy atom. The number of hydrogen-bond donors (Lipinski definition) is 1. The van der Waals surface area contributed by atoms with E-state index in [-0.39, 0.29) is 17.3 Å². The number of anilines is 1. The van der Waals surface area contributed by atoms with Crippen LogP contribution < -0.4 is 5.73 Å². The predicted molar refractivity (Wildman–Crippen MR) is 89.5 cm³/mol. The zero-order valence-electron chi connectivity index (χ0n) is 13.7. The van der Waals surface area contributed by atoms with E-state index in [9.17, 15) is 4.79 Å². The lowest BCUT2D eigenvalue weighted by Crippen LogP contribution is -2.52. The molecule has 0 spiro atoms. The van der Waals surface area contributed by atoms with Gasteiger partial charge in [0, 0.05) is 30.4 Å². The average Bonchev–Trinajstić information content (AvgIpc) is 2.87. The molecule has 2 aromatic rings. The molecule has 24 heavy (non-hydrogen) atoms. The molecule has 2 aromatic heterocycles. The van der Waals surface area contributed by atoms with Gasteiger partial charge in [-0.1, -0.05) is 11.6 Å². The summed E-state index contributed by atoms with van der Waals surface area (Å²) < 4.78 is 7.15. The minimum atomic E-state index is -0.494. The highest BCUT2D eigenvalue weighted by molar-refractivity contribution is 6.29. The van der Waals surface area contributed by atoms with Crippen molar-refractivity contribution < 1.29 is 9.53 Å². The standard InChI is InChI=1S/C15H19ClN6O2/c1-15(2,3)24-14(23)21-7-10(8-21)22-6-9(5-18-22)11-4-12(16)19-20-13(11)17/h4-6,10H,7-8H2,1-3H3,(H2,17,20). The number of rotatable bonds is 2. The van der Waals surface area contributed by atoms with Crippen molar-refractivity contribution in [3.8, 4) is 11.1 Å². The van der Waals surface area contributed by atoms with Crippen molar-refractivity contribution in [2.75, 3.05) is 18.8 Å². The van der Waals surface area contributed by atoms with Crippen LogP contribution in [0.3, 0.4) is 0 Å². The van der Waals surface area contributed by atoms with E-state index in [0.717, 1.165) is 5.56 Å². The first-order valence-corrected chi connectivity index (χ1v) is 7.92. The summed E-state index contributed by atoms with van der Waals surface area (Å²) in [5.41, 5.74) is 6.83. The number of likely N-dealkylation sites (tertiary alicyclic amines) is 1. The molecule has 0 bridgehead atoms. The van der Waals surface area contributed by atoms with Crippen LogP contribution >= 0.6 is 11.6 Å². The van der Waals surface area contributed by atoms with Gasteiger partial charge in [-0.25, -0.2) is 4.79 Å². The fourth-order valence-electron chi connectivity index (χ4n) is 2.38. The van der Waals surface area contributed by atoms with Crippen LogP contribution in [0.15, 0.2) is 18.5 Å². The molecule has 1 amide bonds. The number of nitrogen functional groups attached to an aromatic ring is 1. The lowest BCUT2D eigenvalue weighted by Gasteiger charge is -2.39. The molecule has 2 N–H and O–H groups in total. The molecule has 1 aliphatic heterocycles. The molecule has 1 fully saturated rings. The Labute approximate surface area is 144 Å². The van der Waals surface area contributed by atoms with Gasteiger partial charge in [-0.05, 0) is 26.8 Å². The summed E-state index contributed by atoms with van der Waals surface area (Å²) in [7, 11) is 0. The van der Waals surface area contributed by atoms with Gasteiger partial charge < -0.3 is 15.4 Å². The monoisotopic (exact) mass is 350 g/mol. The lowest BCUT2D eigenvalue weighted by atomic mass is 10.1. The predicted octanol–water partition coefficient (Wildman–Crippen LogP) is 2.37. The van der Waals surface area contributed by atoms with Crippen LogP contribution in [0.5, 0.6) is 0 Å². The van der Waals surface area contributed by atoms with E-state index in [4.69, 9.17) is 22.1 Å². The van der Waals surface area contributed by atoms with Gasteiger partial charge in [0.15, 0.2) is 11.0 Å². The molecule has 8 nitrogen and oxygen atoms in total. The van der Waals surface area contributed by atoms with Gasteiger partial charge in [0.25, 0.3) is 0 Å². The average molecular weight is 351 g/mol. The molecular formula is C15H19ClN6O2. The van der Waals surface area contributed by atoms with E-state index in [0.29, 0.717) is 24.5 Å². The minimum absolute atomic E-state index is 0.109. The molecule has 0 aliphatic carbocycles. The number of carbonyl (C=O) groups is 1. The zero-order chi connectivity index (χ0) is 17.5. The van der Waals surface area contributed by atoms with Crippen molar-refractivity contribution in [2.24, 2.45) is 0 Å². The number of nitrogens with two attached hydrogens (primary N) is 1. The van der Waals surface area contributed by atoms with Gasteiger partial charge in [-0.15, -0.1) is 10.2 Å². The Balaban J connectivity index is 1.66. The van der Waals surface area contributed by atoms with Crippen molar-refractivity contribution in [3.05, 3.63) is 23.6 Å². The van der Waals surface area contributed by atoms with Gasteiger partial charge in [-0.3, -0.25) is 4.68 Å². The molecule has 1 saturated heterocycles. The first-order valence-electron chi connectivity index (χ1n) is 7.54. The highest BCUT2D eigenvalue weighted by atomic mass is 35.5. The number of amides is 1. The minimum Gasteiger partial charge on any atom is -0.444 e. The van der Waals surface area contributed by atoms with Crippen molar-refractivity contribution in [2.45, 2.75) is 32.4 Å². The number of ether oxygens (including phenoxy) is 1. The van der Waals surface area contributed by atoms with E-state index in [2.05, 4.69) is 15.3 Å². The molecular weight excluding hydrogens is 332 g/mol. The first-order chi connectivity index (χ1) is 11.2. The Morgan fingerprint density at radius 3 is 2.75 bits per heavy atom. The van der Waals surface area contributed by atoms with Crippen LogP contribution in [0.25, 0.3) is 11.1 Å². The van der Waals surface area contributed by atoms with E-state index in [1.807, 2.05) is 31.6 Å². The second-order valence-corrected chi connectivity index (χ2v) is 7.10. The van der Waals surface area contributed by atoms with Crippen LogP contribution in [0.2, 0.25) is 5.15 Å². The summed E-state index contributed by atoms with van der Waals surface area (Å²) in [6.07, 6.45) is 3.25. The topological polar surface area (TPSA) is 99.2 Å². The molecule has 3 heterocycles. The largest absolute Gasteiger partial charge is 0.444 e. The summed E-state index contributed by atoms with van der Waals surface area (Å²) in [4.78, 5) is 13.6. The highest BCUT2D eigenvalue weighted by Gasteiger charge is 2.35. The Hall–Kier alpha value is -2.35. The van der Waals surface area contributed by atoms with Gasteiger partial charge in [0.05, 0.1) is 12.2 Å². The second-order valence-electron chi connectivity index (χ2n) is 6.71. The Kier molecular flexibility index (Phi) is 4.08. The fraction of sp³-hybridized carbons (Fsp3) is 0.467. The third-order valence-electron chi connectivity index (χ3n) is 3.59. The number of nitrogens with zero attached hydrogens (tertiary/aromatic N) is 5. The summed E-state index contributed by atoms with van der Waals surface area (Å²) in [6.45, 7) is 6.66. The highest BCUT2D eigenvalue weighted by Crippen LogP contribution is 2.28. The van der Waals surface area contributed by atoms with Crippen LogP contribution in [-0.4, -0.2) is 49.7 Å². The zero-order valence-corrected chi connectivity index (χ0v) is 14.5. The van der Waals surface area contributed by atoms with E-state index in [1.165, 1.54) is 0 Å². The number of hydrogen-bond acceptors (Lipinski definition) is 6. The molecule has 0 radical (unpaired) electrons. The Morgan fingerprint density at radius 1 is 1.38 bits per heavy atom. The molecule has 128 valence electrons. The van der Waals surface area contributed by atoms with E-state index < -0.39 is 5.60 Å². The molecule has 1 aliphatic rings. The number of aromatic nitrogens is 4.